The summed E-state index contributed by atoms with van der Waals surface area (Å²) in [5.41, 5.74) is 0.0484. The molecule has 0 heterocycles. The average molecular weight is 245 g/mol. The number of carbonyl (C=O) groups is 1. The van der Waals surface area contributed by atoms with Crippen LogP contribution in [0.15, 0.2) is 0 Å². The van der Waals surface area contributed by atoms with Crippen LogP contribution in [0.5, 0.6) is 0 Å². The number of hydrogen-bond acceptors (Lipinski definition) is 4. The molecule has 4 heteroatoms. The molecule has 0 aromatic rings. The lowest BCUT2D eigenvalue weighted by atomic mass is 9.84. The minimum absolute atomic E-state index is 0.0261. The van der Waals surface area contributed by atoms with Gasteiger partial charge >= 0.3 is 5.97 Å². The lowest BCUT2D eigenvalue weighted by molar-refractivity contribution is -0.145. The number of aliphatic hydroxyl groups is 1. The second-order valence-corrected chi connectivity index (χ2v) is 5.70. The van der Waals surface area contributed by atoms with E-state index in [1.807, 2.05) is 13.8 Å². The van der Waals surface area contributed by atoms with Crippen molar-refractivity contribution in [3.8, 4) is 0 Å². The second-order valence-electron chi connectivity index (χ2n) is 5.70. The van der Waals surface area contributed by atoms with E-state index in [2.05, 4.69) is 26.1 Å². The van der Waals surface area contributed by atoms with E-state index < -0.39 is 0 Å². The van der Waals surface area contributed by atoms with Gasteiger partial charge in [-0.25, -0.2) is 0 Å². The first-order chi connectivity index (χ1) is 7.73. The van der Waals surface area contributed by atoms with Crippen molar-refractivity contribution in [2.75, 3.05) is 13.7 Å². The number of ether oxygens (including phenoxy) is 1. The van der Waals surface area contributed by atoms with E-state index in [0.29, 0.717) is 6.42 Å². The summed E-state index contributed by atoms with van der Waals surface area (Å²) in [6.07, 6.45) is 0.682. The fourth-order valence-electron chi connectivity index (χ4n) is 1.75. The molecule has 0 aliphatic heterocycles. The van der Waals surface area contributed by atoms with Crippen molar-refractivity contribution in [2.45, 2.75) is 53.1 Å². The van der Waals surface area contributed by atoms with Gasteiger partial charge in [0.2, 0.25) is 0 Å². The Morgan fingerprint density at radius 1 is 1.35 bits per heavy atom. The van der Waals surface area contributed by atoms with Crippen molar-refractivity contribution >= 4 is 5.97 Å². The van der Waals surface area contributed by atoms with Crippen LogP contribution in [-0.2, 0) is 9.53 Å². The third-order valence-corrected chi connectivity index (χ3v) is 3.25. The van der Waals surface area contributed by atoms with E-state index in [1.165, 1.54) is 7.11 Å². The number of hydrogen-bond donors (Lipinski definition) is 2. The van der Waals surface area contributed by atoms with E-state index >= 15 is 0 Å². The molecular weight excluding hydrogens is 218 g/mol. The summed E-state index contributed by atoms with van der Waals surface area (Å²) in [7, 11) is 1.40. The number of nitrogens with one attached hydrogen (secondary N) is 1. The van der Waals surface area contributed by atoms with Gasteiger partial charge < -0.3 is 15.2 Å². The summed E-state index contributed by atoms with van der Waals surface area (Å²) in [5, 5.41) is 12.5. The van der Waals surface area contributed by atoms with Crippen LogP contribution in [0.2, 0.25) is 0 Å². The van der Waals surface area contributed by atoms with Gasteiger partial charge in [0.1, 0.15) is 0 Å². The summed E-state index contributed by atoms with van der Waals surface area (Å²) in [6.45, 7) is 10.3. The molecule has 0 saturated heterocycles. The zero-order valence-electron chi connectivity index (χ0n) is 11.9. The van der Waals surface area contributed by atoms with Crippen molar-refractivity contribution in [3.05, 3.63) is 0 Å². The Bertz CT molecular complexity index is 235. The summed E-state index contributed by atoms with van der Waals surface area (Å²) >= 11 is 0. The normalized spacial score (nSPS) is 17.4. The molecule has 0 rings (SSSR count). The minimum Gasteiger partial charge on any atom is -0.469 e. The standard InChI is InChI=1S/C13H27NO3/c1-9(12(16)17-6)10(2)14-11(7-8-15)13(3,4)5/h9-11,14-15H,7-8H2,1-6H3. The fourth-order valence-corrected chi connectivity index (χ4v) is 1.75. The molecule has 0 aromatic carbocycles. The predicted molar refractivity (Wildman–Crippen MR) is 68.7 cm³/mol. The van der Waals surface area contributed by atoms with E-state index in [-0.39, 0.29) is 36.0 Å². The Balaban J connectivity index is 4.50. The summed E-state index contributed by atoms with van der Waals surface area (Å²) < 4.78 is 4.73. The molecule has 0 aromatic heterocycles. The zero-order chi connectivity index (χ0) is 13.6. The molecule has 0 radical (unpaired) electrons. The highest BCUT2D eigenvalue weighted by molar-refractivity contribution is 5.72. The van der Waals surface area contributed by atoms with Gasteiger partial charge in [0.15, 0.2) is 0 Å². The number of methoxy groups -OCH3 is 1. The lowest BCUT2D eigenvalue weighted by Crippen LogP contribution is -2.48. The number of esters is 1. The molecule has 102 valence electrons. The van der Waals surface area contributed by atoms with Crippen molar-refractivity contribution in [1.29, 1.82) is 0 Å². The highest BCUT2D eigenvalue weighted by atomic mass is 16.5. The largest absolute Gasteiger partial charge is 0.469 e. The van der Waals surface area contributed by atoms with Crippen LogP contribution in [0.1, 0.15) is 41.0 Å². The molecule has 2 N–H and O–H groups in total. The van der Waals surface area contributed by atoms with Crippen molar-refractivity contribution in [1.82, 2.24) is 5.32 Å². The molecule has 4 nitrogen and oxygen atoms in total. The van der Waals surface area contributed by atoms with E-state index in [9.17, 15) is 4.79 Å². The Morgan fingerprint density at radius 3 is 2.24 bits per heavy atom. The van der Waals surface area contributed by atoms with Gasteiger partial charge in [-0.2, -0.15) is 0 Å². The molecule has 17 heavy (non-hydrogen) atoms. The van der Waals surface area contributed by atoms with Crippen LogP contribution in [0.4, 0.5) is 0 Å². The van der Waals surface area contributed by atoms with E-state index in [0.717, 1.165) is 0 Å². The second kappa shape index (κ2) is 6.97. The molecule has 0 aliphatic rings. The van der Waals surface area contributed by atoms with E-state index in [1.54, 1.807) is 0 Å². The van der Waals surface area contributed by atoms with Gasteiger partial charge in [-0.1, -0.05) is 27.7 Å². The van der Waals surface area contributed by atoms with E-state index in [4.69, 9.17) is 9.84 Å². The topological polar surface area (TPSA) is 58.6 Å². The highest BCUT2D eigenvalue weighted by Gasteiger charge is 2.29. The van der Waals surface area contributed by atoms with Gasteiger partial charge in [-0.05, 0) is 18.8 Å². The number of rotatable bonds is 6. The Hall–Kier alpha value is -0.610. The monoisotopic (exact) mass is 245 g/mol. The minimum atomic E-state index is -0.207. The summed E-state index contributed by atoms with van der Waals surface area (Å²) in [5.74, 6) is -0.398. The lowest BCUT2D eigenvalue weighted by Gasteiger charge is -2.35. The van der Waals surface area contributed by atoms with Gasteiger partial charge in [-0.15, -0.1) is 0 Å². The smallest absolute Gasteiger partial charge is 0.309 e. The first-order valence-corrected chi connectivity index (χ1v) is 6.18. The zero-order valence-corrected chi connectivity index (χ0v) is 11.9. The van der Waals surface area contributed by atoms with Crippen molar-refractivity contribution in [3.63, 3.8) is 0 Å². The third kappa shape index (κ3) is 5.50. The Kier molecular flexibility index (Phi) is 6.72. The summed E-state index contributed by atoms with van der Waals surface area (Å²) in [6, 6.07) is 0.202. The Labute approximate surface area is 105 Å². The summed E-state index contributed by atoms with van der Waals surface area (Å²) in [4.78, 5) is 11.4. The van der Waals surface area contributed by atoms with Crippen molar-refractivity contribution < 1.29 is 14.6 Å². The molecule has 3 atom stereocenters. The fraction of sp³-hybridized carbons (Fsp3) is 0.923. The number of aliphatic hydroxyl groups excluding tert-OH is 1. The predicted octanol–water partition coefficient (Wildman–Crippen LogP) is 1.57. The molecule has 0 bridgehead atoms. The third-order valence-electron chi connectivity index (χ3n) is 3.25. The first-order valence-electron chi connectivity index (χ1n) is 6.18. The van der Waals surface area contributed by atoms with Crippen LogP contribution in [-0.4, -0.2) is 36.9 Å². The van der Waals surface area contributed by atoms with Crippen molar-refractivity contribution in [2.24, 2.45) is 11.3 Å². The van der Waals surface area contributed by atoms with Crippen LogP contribution >= 0.6 is 0 Å². The van der Waals surface area contributed by atoms with Crippen LogP contribution in [0, 0.1) is 11.3 Å². The molecular formula is C13H27NO3. The van der Waals surface area contributed by atoms with Crippen LogP contribution in [0.25, 0.3) is 0 Å². The molecule has 3 unspecified atom stereocenters. The SMILES string of the molecule is COC(=O)C(C)C(C)NC(CCO)C(C)(C)C. The average Bonchev–Trinajstić information content (AvgIpc) is 2.24. The van der Waals surface area contributed by atoms with Gasteiger partial charge in [0, 0.05) is 18.7 Å². The molecule has 0 aliphatic carbocycles. The van der Waals surface area contributed by atoms with Gasteiger partial charge in [-0.3, -0.25) is 4.79 Å². The maximum atomic E-state index is 11.4. The molecule has 0 saturated carbocycles. The molecule has 0 fully saturated rings. The Morgan fingerprint density at radius 2 is 1.88 bits per heavy atom. The van der Waals surface area contributed by atoms with Gasteiger partial charge in [0.05, 0.1) is 13.0 Å². The molecule has 0 amide bonds. The quantitative estimate of drug-likeness (QED) is 0.697. The highest BCUT2D eigenvalue weighted by Crippen LogP contribution is 2.23. The maximum Gasteiger partial charge on any atom is 0.309 e. The first kappa shape index (κ1) is 16.4. The maximum absolute atomic E-state index is 11.4. The van der Waals surface area contributed by atoms with Crippen LogP contribution < -0.4 is 5.32 Å². The molecule has 0 spiro atoms. The van der Waals surface area contributed by atoms with Crippen LogP contribution in [0.3, 0.4) is 0 Å². The van der Waals surface area contributed by atoms with Gasteiger partial charge in [0.25, 0.3) is 0 Å². The number of carbonyl (C=O) groups excluding carboxylic acids is 1.